The van der Waals surface area contributed by atoms with Gasteiger partial charge in [-0.3, -0.25) is 4.79 Å². The maximum absolute atomic E-state index is 13.5. The Morgan fingerprint density at radius 2 is 0.626 bits per heavy atom. The summed E-state index contributed by atoms with van der Waals surface area (Å²) in [6.07, 6.45) is 61.4. The molecule has 3 aliphatic rings. The number of rotatable bonds is 72. The Morgan fingerprint density at radius 3 is 0.991 bits per heavy atom. The van der Waals surface area contributed by atoms with Crippen molar-refractivity contribution in [3.8, 4) is 0 Å². The van der Waals surface area contributed by atoms with Gasteiger partial charge in [0.15, 0.2) is 18.9 Å². The van der Waals surface area contributed by atoms with Gasteiger partial charge in [0, 0.05) is 6.42 Å². The van der Waals surface area contributed by atoms with Crippen LogP contribution in [0.15, 0.2) is 48.6 Å². The van der Waals surface area contributed by atoms with E-state index in [2.05, 4.69) is 55.6 Å². The topological polar surface area (TPSA) is 307 Å². The molecule has 0 aromatic heterocycles. The van der Waals surface area contributed by atoms with Gasteiger partial charge in [-0.2, -0.15) is 0 Å². The highest BCUT2D eigenvalue weighted by atomic mass is 16.8. The van der Waals surface area contributed by atoms with E-state index in [4.69, 9.17) is 28.4 Å². The SMILES string of the molecule is CCCCCCC/C=C\C/C=C\CCCCCCCCCCCCCCCCCCCCCCCCCCCCCCCC(=O)NC(COC1OC(CO)C(OC2OC(CO)C(OC3OC(CO)C(O)C(O)C3O)C(O)C2O)C(O)C1O)C(O)/C=C/CC/C=C/CCCCCCCCCCCCCCCCC. The zero-order valence-electron chi connectivity index (χ0n) is 67.6. The fourth-order valence-corrected chi connectivity index (χ4v) is 15.0. The highest BCUT2D eigenvalue weighted by Gasteiger charge is 2.54. The average molecular weight is 1520 g/mol. The summed E-state index contributed by atoms with van der Waals surface area (Å²) in [5, 5.41) is 121. The van der Waals surface area contributed by atoms with Crippen LogP contribution in [-0.2, 0) is 33.2 Å². The molecule has 3 saturated heterocycles. The molecular weight excluding hydrogens is 1360 g/mol. The number of aliphatic hydroxyl groups is 11. The van der Waals surface area contributed by atoms with Gasteiger partial charge < -0.3 is 89.9 Å². The van der Waals surface area contributed by atoms with Gasteiger partial charge in [-0.05, 0) is 64.2 Å². The second kappa shape index (κ2) is 68.2. The van der Waals surface area contributed by atoms with E-state index in [-0.39, 0.29) is 18.9 Å². The van der Waals surface area contributed by atoms with Crippen molar-refractivity contribution in [1.29, 1.82) is 0 Å². The predicted octanol–water partition coefficient (Wildman–Crippen LogP) is 16.4. The molecule has 0 aromatic rings. The van der Waals surface area contributed by atoms with Gasteiger partial charge in [-0.25, -0.2) is 0 Å². The van der Waals surface area contributed by atoms with Gasteiger partial charge >= 0.3 is 0 Å². The molecule has 107 heavy (non-hydrogen) atoms. The second-order valence-corrected chi connectivity index (χ2v) is 31.7. The number of carbonyl (C=O) groups is 1. The monoisotopic (exact) mass is 1520 g/mol. The number of carbonyl (C=O) groups excluding carboxylic acids is 1. The summed E-state index contributed by atoms with van der Waals surface area (Å²) < 4.78 is 34.5. The lowest BCUT2D eigenvalue weighted by molar-refractivity contribution is -0.379. The number of amides is 1. The molecule has 3 aliphatic heterocycles. The molecule has 0 aromatic carbocycles. The third-order valence-corrected chi connectivity index (χ3v) is 22.1. The van der Waals surface area contributed by atoms with Gasteiger partial charge in [0.1, 0.15) is 73.2 Å². The first kappa shape index (κ1) is 98.9. The van der Waals surface area contributed by atoms with Crippen LogP contribution in [-0.4, -0.2) is 193 Å². The molecular formula is C88H163NO18. The molecule has 3 heterocycles. The molecule has 3 fully saturated rings. The predicted molar refractivity (Wildman–Crippen MR) is 429 cm³/mol. The smallest absolute Gasteiger partial charge is 0.220 e. The van der Waals surface area contributed by atoms with Gasteiger partial charge in [-0.1, -0.05) is 351 Å². The Balaban J connectivity index is 1.29. The quantitative estimate of drug-likeness (QED) is 0.0199. The van der Waals surface area contributed by atoms with Crippen LogP contribution < -0.4 is 5.32 Å². The van der Waals surface area contributed by atoms with Crippen molar-refractivity contribution in [2.75, 3.05) is 26.4 Å². The van der Waals surface area contributed by atoms with Gasteiger partial charge in [0.2, 0.25) is 5.91 Å². The first-order valence-electron chi connectivity index (χ1n) is 44.4. The summed E-state index contributed by atoms with van der Waals surface area (Å²) in [6.45, 7) is 1.76. The summed E-state index contributed by atoms with van der Waals surface area (Å²) in [4.78, 5) is 13.5. The van der Waals surface area contributed by atoms with Crippen LogP contribution in [0.25, 0.3) is 0 Å². The Bertz CT molecular complexity index is 2120. The minimum atomic E-state index is -1.98. The number of aliphatic hydroxyl groups excluding tert-OH is 11. The fraction of sp³-hybridized carbons (Fsp3) is 0.898. The van der Waals surface area contributed by atoms with Crippen LogP contribution >= 0.6 is 0 Å². The number of ether oxygens (including phenoxy) is 6. The maximum atomic E-state index is 13.5. The third kappa shape index (κ3) is 47.3. The molecule has 3 rings (SSSR count). The van der Waals surface area contributed by atoms with Crippen molar-refractivity contribution in [1.82, 2.24) is 5.32 Å². The molecule has 0 radical (unpaired) electrons. The van der Waals surface area contributed by atoms with E-state index < -0.39 is 124 Å². The first-order valence-corrected chi connectivity index (χ1v) is 44.4. The number of allylic oxidation sites excluding steroid dienone is 7. The van der Waals surface area contributed by atoms with E-state index in [9.17, 15) is 61.0 Å². The fourth-order valence-electron chi connectivity index (χ4n) is 15.0. The molecule has 0 spiro atoms. The minimum Gasteiger partial charge on any atom is -0.394 e. The molecule has 17 atom stereocenters. The van der Waals surface area contributed by atoms with Crippen LogP contribution in [0, 0.1) is 0 Å². The summed E-state index contributed by atoms with van der Waals surface area (Å²) in [7, 11) is 0. The molecule has 628 valence electrons. The Hall–Kier alpha value is -2.25. The van der Waals surface area contributed by atoms with E-state index in [1.807, 2.05) is 6.08 Å². The highest BCUT2D eigenvalue weighted by Crippen LogP contribution is 2.34. The number of hydrogen-bond donors (Lipinski definition) is 12. The Labute approximate surface area is 650 Å². The van der Waals surface area contributed by atoms with Crippen LogP contribution in [0.2, 0.25) is 0 Å². The minimum absolute atomic E-state index is 0.240. The lowest BCUT2D eigenvalue weighted by Gasteiger charge is -2.48. The zero-order valence-corrected chi connectivity index (χ0v) is 67.6. The van der Waals surface area contributed by atoms with Gasteiger partial charge in [-0.15, -0.1) is 0 Å². The highest BCUT2D eigenvalue weighted by molar-refractivity contribution is 5.76. The van der Waals surface area contributed by atoms with E-state index >= 15 is 0 Å². The number of unbranched alkanes of at least 4 members (excludes halogenated alkanes) is 50. The Morgan fingerprint density at radius 1 is 0.336 bits per heavy atom. The molecule has 0 aliphatic carbocycles. The standard InChI is InChI=1S/C88H163NO18/c1-3-5-7-9-11-13-15-17-19-21-23-25-26-27-28-29-30-31-32-33-34-35-36-37-38-39-40-41-42-43-44-46-48-50-52-54-56-58-60-62-64-66-76(94)89-71(72(93)65-63-61-59-57-55-53-51-49-47-45-24-22-20-18-16-14-12-10-8-6-4-2)70-102-86-82(100)79(97)84(74(68-91)104-86)107-88-83(101)80(98)85(75(69-92)105-88)106-87-81(99)78(96)77(95)73(67-90)103-87/h15,17,21,23,55,57,63,65,71-75,77-88,90-93,95-101H,3-14,16,18-20,22,24-54,56,58-62,64,66-70H2,1-2H3,(H,89,94)/b17-15-,23-21-,57-55+,65-63+. The van der Waals surface area contributed by atoms with Crippen molar-refractivity contribution < 1.29 is 89.4 Å². The largest absolute Gasteiger partial charge is 0.394 e. The molecule has 0 saturated carbocycles. The summed E-state index contributed by atoms with van der Waals surface area (Å²) >= 11 is 0. The van der Waals surface area contributed by atoms with Crippen molar-refractivity contribution in [2.45, 2.75) is 478 Å². The van der Waals surface area contributed by atoms with Crippen molar-refractivity contribution >= 4 is 5.91 Å². The summed E-state index contributed by atoms with van der Waals surface area (Å²) in [5.41, 5.74) is 0. The van der Waals surface area contributed by atoms with Gasteiger partial charge in [0.25, 0.3) is 0 Å². The Kier molecular flexibility index (Phi) is 63.0. The summed E-state index contributed by atoms with van der Waals surface area (Å²) in [6, 6.07) is -0.990. The molecule has 1 amide bonds. The van der Waals surface area contributed by atoms with Crippen molar-refractivity contribution in [2.24, 2.45) is 0 Å². The van der Waals surface area contributed by atoms with Crippen LogP contribution in [0.5, 0.6) is 0 Å². The van der Waals surface area contributed by atoms with Crippen LogP contribution in [0.4, 0.5) is 0 Å². The lowest BCUT2D eigenvalue weighted by Crippen LogP contribution is -2.66. The second-order valence-electron chi connectivity index (χ2n) is 31.7. The van der Waals surface area contributed by atoms with Crippen LogP contribution in [0.3, 0.4) is 0 Å². The van der Waals surface area contributed by atoms with E-state index in [1.54, 1.807) is 6.08 Å². The maximum Gasteiger partial charge on any atom is 0.220 e. The normalized spacial score (nSPS) is 25.7. The van der Waals surface area contributed by atoms with E-state index in [0.29, 0.717) is 12.8 Å². The summed E-state index contributed by atoms with van der Waals surface area (Å²) in [5.74, 6) is -0.278. The zero-order chi connectivity index (χ0) is 77.4. The van der Waals surface area contributed by atoms with Crippen molar-refractivity contribution in [3.63, 3.8) is 0 Å². The lowest BCUT2D eigenvalue weighted by atomic mass is 9.96. The van der Waals surface area contributed by atoms with Gasteiger partial charge in [0.05, 0.1) is 38.6 Å². The molecule has 19 nitrogen and oxygen atoms in total. The molecule has 17 unspecified atom stereocenters. The van der Waals surface area contributed by atoms with Crippen LogP contribution in [0.1, 0.15) is 373 Å². The van der Waals surface area contributed by atoms with Crippen molar-refractivity contribution in [3.05, 3.63) is 48.6 Å². The average Bonchev–Trinajstić information content (AvgIpc) is 0.782. The van der Waals surface area contributed by atoms with E-state index in [1.165, 1.54) is 295 Å². The third-order valence-electron chi connectivity index (χ3n) is 22.1. The number of nitrogens with one attached hydrogen (secondary N) is 1. The van der Waals surface area contributed by atoms with E-state index in [0.717, 1.165) is 44.9 Å². The first-order chi connectivity index (χ1) is 52.3. The molecule has 19 heteroatoms. The number of hydrogen-bond acceptors (Lipinski definition) is 18. The molecule has 0 bridgehead atoms. The molecule has 12 N–H and O–H groups in total.